The van der Waals surface area contributed by atoms with Crippen LogP contribution in [0.3, 0.4) is 0 Å². The highest BCUT2D eigenvalue weighted by Gasteiger charge is 2.37. The number of fused-ring (bicyclic) bond motifs is 6. The largest absolute Gasteiger partial charge is 0.309 e. The number of aromatic nitrogens is 4. The lowest BCUT2D eigenvalue weighted by molar-refractivity contribution is 0.662. The maximum Gasteiger partial charge on any atom is 0.164 e. The molecule has 0 aliphatic heterocycles. The standard InChI is InChI=1S/C54H38N4/c1-54(2)46-26-13-12-22-43(46)44-25-14-24-42(50(44)54)39-32-33-47-45(34-39)49-41(23-15-27-48(49)58(47)40-20-10-5-11-21-40)35-28-30-38(31-29-35)53-56-51(36-16-6-3-7-17-36)55-52(57-53)37-18-8-4-9-19-37/h3-34H,1-2H3. The van der Waals surface area contributed by atoms with Crippen molar-refractivity contribution in [2.75, 3.05) is 0 Å². The molecular formula is C54H38N4. The zero-order valence-corrected chi connectivity index (χ0v) is 32.3. The fourth-order valence-corrected chi connectivity index (χ4v) is 9.16. The maximum atomic E-state index is 4.99. The molecule has 58 heavy (non-hydrogen) atoms. The summed E-state index contributed by atoms with van der Waals surface area (Å²) in [5.41, 5.74) is 16.5. The second-order valence-corrected chi connectivity index (χ2v) is 15.6. The molecule has 1 aliphatic rings. The van der Waals surface area contributed by atoms with Crippen molar-refractivity contribution in [2.24, 2.45) is 0 Å². The Kier molecular flexibility index (Phi) is 7.80. The molecule has 0 unspecified atom stereocenters. The first-order chi connectivity index (χ1) is 28.5. The topological polar surface area (TPSA) is 43.6 Å². The number of rotatable bonds is 6. The molecule has 2 aromatic heterocycles. The van der Waals surface area contributed by atoms with Crippen molar-refractivity contribution in [2.45, 2.75) is 19.3 Å². The summed E-state index contributed by atoms with van der Waals surface area (Å²) in [7, 11) is 0. The van der Waals surface area contributed by atoms with E-state index in [0.29, 0.717) is 17.5 Å². The van der Waals surface area contributed by atoms with Crippen molar-refractivity contribution in [1.82, 2.24) is 19.5 Å². The van der Waals surface area contributed by atoms with Gasteiger partial charge in [-0.05, 0) is 74.8 Å². The fraction of sp³-hybridized carbons (Fsp3) is 0.0556. The Morgan fingerprint density at radius 1 is 0.379 bits per heavy atom. The molecule has 11 rings (SSSR count). The van der Waals surface area contributed by atoms with Gasteiger partial charge < -0.3 is 4.57 Å². The van der Waals surface area contributed by atoms with Crippen molar-refractivity contribution >= 4 is 21.8 Å². The van der Waals surface area contributed by atoms with Crippen LogP contribution in [0.5, 0.6) is 0 Å². The molecular weight excluding hydrogens is 705 g/mol. The van der Waals surface area contributed by atoms with Crippen LogP contribution in [0.15, 0.2) is 194 Å². The van der Waals surface area contributed by atoms with Crippen molar-refractivity contribution in [3.63, 3.8) is 0 Å². The summed E-state index contributed by atoms with van der Waals surface area (Å²) in [6, 6.07) is 69.1. The van der Waals surface area contributed by atoms with Gasteiger partial charge in [-0.1, -0.05) is 178 Å². The van der Waals surface area contributed by atoms with Crippen molar-refractivity contribution in [3.8, 4) is 73.2 Å². The highest BCUT2D eigenvalue weighted by molar-refractivity contribution is 6.16. The Bertz CT molecular complexity index is 3110. The Morgan fingerprint density at radius 2 is 0.879 bits per heavy atom. The first-order valence-corrected chi connectivity index (χ1v) is 19.9. The van der Waals surface area contributed by atoms with Crippen LogP contribution in [0, 0.1) is 0 Å². The molecule has 4 nitrogen and oxygen atoms in total. The van der Waals surface area contributed by atoms with Crippen LogP contribution >= 0.6 is 0 Å². The molecule has 0 amide bonds. The van der Waals surface area contributed by atoms with E-state index in [2.05, 4.69) is 152 Å². The maximum absolute atomic E-state index is 4.99. The molecule has 4 heteroatoms. The fourth-order valence-electron chi connectivity index (χ4n) is 9.16. The third kappa shape index (κ3) is 5.41. The van der Waals surface area contributed by atoms with E-state index in [4.69, 9.17) is 15.0 Å². The molecule has 0 N–H and O–H groups in total. The zero-order valence-electron chi connectivity index (χ0n) is 32.3. The van der Waals surface area contributed by atoms with Gasteiger partial charge in [-0.3, -0.25) is 0 Å². The summed E-state index contributed by atoms with van der Waals surface area (Å²) in [6.45, 7) is 4.73. The van der Waals surface area contributed by atoms with Crippen LogP contribution in [0.4, 0.5) is 0 Å². The van der Waals surface area contributed by atoms with Crippen LogP contribution in [0.25, 0.3) is 95.0 Å². The van der Waals surface area contributed by atoms with Gasteiger partial charge in [0.05, 0.1) is 11.0 Å². The highest BCUT2D eigenvalue weighted by atomic mass is 15.0. The third-order valence-corrected chi connectivity index (χ3v) is 11.8. The van der Waals surface area contributed by atoms with Gasteiger partial charge in [0.1, 0.15) is 0 Å². The lowest BCUT2D eigenvalue weighted by Crippen LogP contribution is -2.16. The van der Waals surface area contributed by atoms with E-state index in [-0.39, 0.29) is 5.41 Å². The average Bonchev–Trinajstić information content (AvgIpc) is 3.75. The van der Waals surface area contributed by atoms with Gasteiger partial charge in [-0.25, -0.2) is 15.0 Å². The third-order valence-electron chi connectivity index (χ3n) is 11.8. The number of hydrogen-bond donors (Lipinski definition) is 0. The Hall–Kier alpha value is -7.43. The van der Waals surface area contributed by atoms with Gasteiger partial charge in [-0.2, -0.15) is 0 Å². The molecule has 274 valence electrons. The van der Waals surface area contributed by atoms with Crippen LogP contribution in [-0.4, -0.2) is 19.5 Å². The summed E-state index contributed by atoms with van der Waals surface area (Å²) in [4.78, 5) is 14.9. The van der Waals surface area contributed by atoms with E-state index in [1.54, 1.807) is 0 Å². The van der Waals surface area contributed by atoms with Gasteiger partial charge in [0, 0.05) is 38.6 Å². The van der Waals surface area contributed by atoms with E-state index in [1.165, 1.54) is 60.8 Å². The summed E-state index contributed by atoms with van der Waals surface area (Å²) in [5, 5.41) is 2.45. The van der Waals surface area contributed by atoms with E-state index in [9.17, 15) is 0 Å². The average molecular weight is 743 g/mol. The lowest BCUT2D eigenvalue weighted by Gasteiger charge is -2.24. The van der Waals surface area contributed by atoms with Gasteiger partial charge in [0.2, 0.25) is 0 Å². The molecule has 2 heterocycles. The first-order valence-electron chi connectivity index (χ1n) is 19.9. The van der Waals surface area contributed by atoms with E-state index < -0.39 is 0 Å². The zero-order chi connectivity index (χ0) is 38.8. The monoisotopic (exact) mass is 742 g/mol. The SMILES string of the molecule is CC1(C)c2ccccc2-c2cccc(-c3ccc4c(c3)c3c(-c5ccc(-c6nc(-c7ccccc7)nc(-c7ccccc7)n6)cc5)cccc3n4-c3ccccc3)c21. The van der Waals surface area contributed by atoms with Crippen molar-refractivity contribution < 1.29 is 0 Å². The normalized spacial score (nSPS) is 12.8. The van der Waals surface area contributed by atoms with Crippen LogP contribution in [0.2, 0.25) is 0 Å². The van der Waals surface area contributed by atoms with Gasteiger partial charge >= 0.3 is 0 Å². The van der Waals surface area contributed by atoms with Crippen molar-refractivity contribution in [3.05, 3.63) is 205 Å². The minimum absolute atomic E-state index is 0.120. The molecule has 0 bridgehead atoms. The molecule has 0 saturated carbocycles. The highest BCUT2D eigenvalue weighted by Crippen LogP contribution is 2.52. The van der Waals surface area contributed by atoms with Crippen LogP contribution in [0.1, 0.15) is 25.0 Å². The van der Waals surface area contributed by atoms with Gasteiger partial charge in [0.15, 0.2) is 17.5 Å². The lowest BCUT2D eigenvalue weighted by atomic mass is 9.79. The molecule has 0 spiro atoms. The van der Waals surface area contributed by atoms with E-state index in [1.807, 2.05) is 60.7 Å². The molecule has 0 saturated heterocycles. The predicted octanol–water partition coefficient (Wildman–Crippen LogP) is 13.6. The Labute approximate surface area is 337 Å². The number of para-hydroxylation sites is 1. The summed E-state index contributed by atoms with van der Waals surface area (Å²) < 4.78 is 2.41. The first kappa shape index (κ1) is 33.9. The molecule has 0 radical (unpaired) electrons. The second kappa shape index (κ2) is 13.4. The number of nitrogens with zero attached hydrogens (tertiary/aromatic N) is 4. The Morgan fingerprint density at radius 3 is 1.55 bits per heavy atom. The number of hydrogen-bond acceptors (Lipinski definition) is 3. The quantitative estimate of drug-likeness (QED) is 0.170. The van der Waals surface area contributed by atoms with E-state index >= 15 is 0 Å². The number of benzene rings is 8. The summed E-state index contributed by atoms with van der Waals surface area (Å²) in [5.74, 6) is 1.95. The molecule has 0 fully saturated rings. The van der Waals surface area contributed by atoms with Gasteiger partial charge in [0.25, 0.3) is 0 Å². The van der Waals surface area contributed by atoms with Crippen LogP contribution < -0.4 is 0 Å². The van der Waals surface area contributed by atoms with Crippen molar-refractivity contribution in [1.29, 1.82) is 0 Å². The predicted molar refractivity (Wildman–Crippen MR) is 239 cm³/mol. The van der Waals surface area contributed by atoms with E-state index in [0.717, 1.165) is 27.9 Å². The molecule has 10 aromatic rings. The minimum Gasteiger partial charge on any atom is -0.309 e. The van der Waals surface area contributed by atoms with Gasteiger partial charge in [-0.15, -0.1) is 0 Å². The molecule has 0 atom stereocenters. The second-order valence-electron chi connectivity index (χ2n) is 15.6. The minimum atomic E-state index is -0.120. The van der Waals surface area contributed by atoms with Crippen LogP contribution in [-0.2, 0) is 5.41 Å². The smallest absolute Gasteiger partial charge is 0.164 e. The Balaban J connectivity index is 1.08. The molecule has 8 aromatic carbocycles. The molecule has 1 aliphatic carbocycles. The summed E-state index contributed by atoms with van der Waals surface area (Å²) >= 11 is 0. The summed E-state index contributed by atoms with van der Waals surface area (Å²) in [6.07, 6.45) is 0.